The second-order valence-corrected chi connectivity index (χ2v) is 9.00. The first-order valence-corrected chi connectivity index (χ1v) is 11.1. The first kappa shape index (κ1) is 17.6. The predicted octanol–water partition coefficient (Wildman–Crippen LogP) is 3.63. The van der Waals surface area contributed by atoms with Gasteiger partial charge < -0.3 is 9.80 Å². The number of hydrogen-bond donors (Lipinski definition) is 0. The van der Waals surface area contributed by atoms with Gasteiger partial charge in [0.1, 0.15) is 0 Å². The monoisotopic (exact) mass is 338 g/mol. The van der Waals surface area contributed by atoms with Crippen molar-refractivity contribution in [2.75, 3.05) is 44.7 Å². The van der Waals surface area contributed by atoms with Gasteiger partial charge in [-0.15, -0.1) is 0 Å². The van der Waals surface area contributed by atoms with Crippen molar-refractivity contribution in [2.45, 2.75) is 57.8 Å². The molecule has 1 amide bonds. The molecular weight excluding hydrogens is 304 g/mol. The molecule has 2 saturated heterocycles. The molecule has 3 aliphatic rings. The minimum absolute atomic E-state index is 0.0216. The third kappa shape index (κ3) is 4.25. The molecule has 1 unspecified atom stereocenters. The molecule has 1 spiro atoms. The van der Waals surface area contributed by atoms with Gasteiger partial charge in [-0.2, -0.15) is 11.8 Å². The topological polar surface area (TPSA) is 23.6 Å². The van der Waals surface area contributed by atoms with E-state index in [4.69, 9.17) is 0 Å². The summed E-state index contributed by atoms with van der Waals surface area (Å²) < 4.78 is 0. The van der Waals surface area contributed by atoms with E-state index in [0.29, 0.717) is 5.91 Å². The van der Waals surface area contributed by atoms with E-state index < -0.39 is 0 Å². The Bertz CT molecular complexity index is 397. The molecule has 132 valence electrons. The second kappa shape index (κ2) is 8.24. The highest BCUT2D eigenvalue weighted by Crippen LogP contribution is 2.40. The van der Waals surface area contributed by atoms with Gasteiger partial charge in [0.25, 0.3) is 0 Å². The molecular formula is C19H34N2OS. The zero-order valence-electron chi connectivity index (χ0n) is 14.9. The highest BCUT2D eigenvalue weighted by Gasteiger charge is 2.48. The van der Waals surface area contributed by atoms with Crippen LogP contribution in [0.2, 0.25) is 0 Å². The number of nitrogens with zero attached hydrogens (tertiary/aromatic N) is 2. The average Bonchev–Trinajstić information content (AvgIpc) is 2.97. The van der Waals surface area contributed by atoms with Gasteiger partial charge in [-0.05, 0) is 69.5 Å². The van der Waals surface area contributed by atoms with E-state index >= 15 is 0 Å². The van der Waals surface area contributed by atoms with Crippen LogP contribution in [0.3, 0.4) is 0 Å². The Labute approximate surface area is 146 Å². The molecule has 2 aliphatic heterocycles. The Hall–Kier alpha value is -0.220. The maximum Gasteiger partial charge on any atom is 0.230 e. The summed E-state index contributed by atoms with van der Waals surface area (Å²) in [4.78, 5) is 18.0. The van der Waals surface area contributed by atoms with Crippen LogP contribution in [0, 0.1) is 11.3 Å². The van der Waals surface area contributed by atoms with E-state index in [9.17, 15) is 4.79 Å². The van der Waals surface area contributed by atoms with Crippen LogP contribution in [0.1, 0.15) is 57.8 Å². The third-order valence-corrected chi connectivity index (χ3v) is 6.98. The summed E-state index contributed by atoms with van der Waals surface area (Å²) in [5, 5.41) is 0. The Morgan fingerprint density at radius 1 is 1.13 bits per heavy atom. The van der Waals surface area contributed by atoms with E-state index in [1.54, 1.807) is 0 Å². The lowest BCUT2D eigenvalue weighted by Gasteiger charge is -2.41. The SMILES string of the molecule is CSCCCN1CCC2(CCCN(CC3CCCCC3)C2=O)C1. The van der Waals surface area contributed by atoms with E-state index in [1.807, 2.05) is 11.8 Å². The van der Waals surface area contributed by atoms with Gasteiger partial charge in [-0.1, -0.05) is 19.3 Å². The average molecular weight is 339 g/mol. The number of piperidine rings is 1. The molecule has 23 heavy (non-hydrogen) atoms. The van der Waals surface area contributed by atoms with Crippen molar-refractivity contribution in [3.8, 4) is 0 Å². The normalized spacial score (nSPS) is 30.5. The number of amides is 1. The smallest absolute Gasteiger partial charge is 0.230 e. The van der Waals surface area contributed by atoms with Crippen molar-refractivity contribution in [2.24, 2.45) is 11.3 Å². The molecule has 0 aromatic heterocycles. The molecule has 0 aromatic carbocycles. The molecule has 3 rings (SSSR count). The van der Waals surface area contributed by atoms with Gasteiger partial charge in [0, 0.05) is 19.6 Å². The van der Waals surface area contributed by atoms with Crippen molar-refractivity contribution in [1.29, 1.82) is 0 Å². The van der Waals surface area contributed by atoms with Crippen LogP contribution in [0.15, 0.2) is 0 Å². The number of carbonyl (C=O) groups excluding carboxylic acids is 1. The quantitative estimate of drug-likeness (QED) is 0.691. The van der Waals surface area contributed by atoms with Crippen LogP contribution in [-0.2, 0) is 4.79 Å². The molecule has 4 heteroatoms. The largest absolute Gasteiger partial charge is 0.342 e. The maximum absolute atomic E-state index is 13.2. The lowest BCUT2D eigenvalue weighted by Crippen LogP contribution is -2.51. The van der Waals surface area contributed by atoms with E-state index in [1.165, 1.54) is 57.2 Å². The summed E-state index contributed by atoms with van der Waals surface area (Å²) in [7, 11) is 0. The number of thioether (sulfide) groups is 1. The maximum atomic E-state index is 13.2. The predicted molar refractivity (Wildman–Crippen MR) is 98.9 cm³/mol. The number of rotatable bonds is 6. The fraction of sp³-hybridized carbons (Fsp3) is 0.947. The van der Waals surface area contributed by atoms with Crippen LogP contribution < -0.4 is 0 Å². The summed E-state index contributed by atoms with van der Waals surface area (Å²) >= 11 is 1.93. The fourth-order valence-corrected chi connectivity index (χ4v) is 5.39. The van der Waals surface area contributed by atoms with Gasteiger partial charge in [-0.25, -0.2) is 0 Å². The van der Waals surface area contributed by atoms with Gasteiger partial charge in [0.2, 0.25) is 5.91 Å². The van der Waals surface area contributed by atoms with Gasteiger partial charge >= 0.3 is 0 Å². The highest BCUT2D eigenvalue weighted by atomic mass is 32.2. The lowest BCUT2D eigenvalue weighted by molar-refractivity contribution is -0.146. The van der Waals surface area contributed by atoms with Crippen LogP contribution in [0.25, 0.3) is 0 Å². The van der Waals surface area contributed by atoms with E-state index in [-0.39, 0.29) is 5.41 Å². The van der Waals surface area contributed by atoms with E-state index in [2.05, 4.69) is 16.1 Å². The summed E-state index contributed by atoms with van der Waals surface area (Å²) in [6.07, 6.45) is 13.7. The van der Waals surface area contributed by atoms with Gasteiger partial charge in [0.15, 0.2) is 0 Å². The van der Waals surface area contributed by atoms with Crippen LogP contribution in [0.5, 0.6) is 0 Å². The molecule has 1 aliphatic carbocycles. The van der Waals surface area contributed by atoms with Crippen molar-refractivity contribution in [3.05, 3.63) is 0 Å². The van der Waals surface area contributed by atoms with Crippen molar-refractivity contribution in [1.82, 2.24) is 9.80 Å². The van der Waals surface area contributed by atoms with E-state index in [0.717, 1.165) is 44.9 Å². The summed E-state index contributed by atoms with van der Waals surface area (Å²) in [6, 6.07) is 0. The second-order valence-electron chi connectivity index (χ2n) is 8.01. The molecule has 0 bridgehead atoms. The zero-order chi connectivity index (χ0) is 16.1. The standard InChI is InChI=1S/C19H34N2OS/c1-23-14-6-11-20-13-10-19(16-20)9-5-12-21(18(19)22)15-17-7-3-2-4-8-17/h17H,2-16H2,1H3. The first-order valence-electron chi connectivity index (χ1n) is 9.74. The van der Waals surface area contributed by atoms with Gasteiger partial charge in [-0.3, -0.25) is 4.79 Å². The summed E-state index contributed by atoms with van der Waals surface area (Å²) in [5.41, 5.74) is -0.0216. The number of likely N-dealkylation sites (tertiary alicyclic amines) is 2. The van der Waals surface area contributed by atoms with Crippen molar-refractivity contribution < 1.29 is 4.79 Å². The Morgan fingerprint density at radius 3 is 2.74 bits per heavy atom. The van der Waals surface area contributed by atoms with Crippen molar-refractivity contribution >= 4 is 17.7 Å². The fourth-order valence-electron chi connectivity index (χ4n) is 4.97. The van der Waals surface area contributed by atoms with Crippen LogP contribution in [-0.4, -0.2) is 60.4 Å². The minimum atomic E-state index is -0.0216. The molecule has 0 N–H and O–H groups in total. The Kier molecular flexibility index (Phi) is 6.31. The molecule has 1 saturated carbocycles. The summed E-state index contributed by atoms with van der Waals surface area (Å²) in [5.74, 6) is 2.52. The van der Waals surface area contributed by atoms with Crippen molar-refractivity contribution in [3.63, 3.8) is 0 Å². The van der Waals surface area contributed by atoms with Gasteiger partial charge in [0.05, 0.1) is 5.41 Å². The third-order valence-electron chi connectivity index (χ3n) is 6.28. The number of hydrogen-bond acceptors (Lipinski definition) is 3. The minimum Gasteiger partial charge on any atom is -0.342 e. The number of carbonyl (C=O) groups is 1. The molecule has 3 nitrogen and oxygen atoms in total. The summed E-state index contributed by atoms with van der Waals surface area (Å²) in [6.45, 7) is 5.41. The van der Waals surface area contributed by atoms with Crippen LogP contribution >= 0.6 is 11.8 Å². The first-order chi connectivity index (χ1) is 11.2. The molecule has 1 atom stereocenters. The molecule has 0 radical (unpaired) electrons. The Balaban J connectivity index is 1.54. The van der Waals surface area contributed by atoms with Crippen LogP contribution in [0.4, 0.5) is 0 Å². The molecule has 3 fully saturated rings. The zero-order valence-corrected chi connectivity index (χ0v) is 15.7. The molecule has 2 heterocycles. The Morgan fingerprint density at radius 2 is 1.96 bits per heavy atom. The highest BCUT2D eigenvalue weighted by molar-refractivity contribution is 7.98. The lowest BCUT2D eigenvalue weighted by atomic mass is 9.77. The molecule has 0 aromatic rings.